The minimum absolute atomic E-state index is 0.846. The van der Waals surface area contributed by atoms with E-state index in [-0.39, 0.29) is 0 Å². The zero-order valence-electron chi connectivity index (χ0n) is 14.8. The Morgan fingerprint density at radius 2 is 1.71 bits per heavy atom. The van der Waals surface area contributed by atoms with Crippen molar-refractivity contribution in [3.05, 3.63) is 53.6 Å². The van der Waals surface area contributed by atoms with Crippen molar-refractivity contribution < 1.29 is 9.47 Å². The highest BCUT2D eigenvalue weighted by atomic mass is 16.5. The summed E-state index contributed by atoms with van der Waals surface area (Å²) in [6.07, 6.45) is 0. The van der Waals surface area contributed by atoms with Crippen LogP contribution in [0.4, 0.5) is 0 Å². The van der Waals surface area contributed by atoms with Crippen molar-refractivity contribution in [1.82, 2.24) is 9.80 Å². The summed E-state index contributed by atoms with van der Waals surface area (Å²) in [4.78, 5) is 4.86. The van der Waals surface area contributed by atoms with Gasteiger partial charge in [0, 0.05) is 38.3 Å². The van der Waals surface area contributed by atoms with E-state index in [4.69, 9.17) is 9.47 Å². The standard InChI is InChI=1S/C20H26N2O2/c1-16-14-18(8-9-19(16)23-3)24-20-7-5-4-6-17(20)15-22-12-10-21(2)11-13-22/h4-9,14H,10-13,15H2,1-3H3. The fourth-order valence-electron chi connectivity index (χ4n) is 3.02. The van der Waals surface area contributed by atoms with E-state index in [2.05, 4.69) is 29.0 Å². The van der Waals surface area contributed by atoms with Crippen LogP contribution in [0.15, 0.2) is 42.5 Å². The second kappa shape index (κ2) is 7.69. The average molecular weight is 326 g/mol. The summed E-state index contributed by atoms with van der Waals surface area (Å²) in [5, 5.41) is 0. The number of ether oxygens (including phenoxy) is 2. The predicted octanol–water partition coefficient (Wildman–Crippen LogP) is 3.54. The lowest BCUT2D eigenvalue weighted by Gasteiger charge is -2.32. The summed E-state index contributed by atoms with van der Waals surface area (Å²) in [6, 6.07) is 14.2. The lowest BCUT2D eigenvalue weighted by molar-refractivity contribution is 0.147. The molecule has 24 heavy (non-hydrogen) atoms. The summed E-state index contributed by atoms with van der Waals surface area (Å²) in [6.45, 7) is 7.42. The number of hydrogen-bond acceptors (Lipinski definition) is 4. The zero-order chi connectivity index (χ0) is 16.9. The van der Waals surface area contributed by atoms with Crippen molar-refractivity contribution in [3.63, 3.8) is 0 Å². The van der Waals surface area contributed by atoms with Crippen LogP contribution in [-0.4, -0.2) is 50.1 Å². The largest absolute Gasteiger partial charge is 0.496 e. The Balaban J connectivity index is 1.73. The van der Waals surface area contributed by atoms with E-state index in [0.29, 0.717) is 0 Å². The minimum Gasteiger partial charge on any atom is -0.496 e. The molecule has 4 heteroatoms. The molecule has 1 aliphatic heterocycles. The first-order valence-corrected chi connectivity index (χ1v) is 8.47. The predicted molar refractivity (Wildman–Crippen MR) is 97.0 cm³/mol. The van der Waals surface area contributed by atoms with Crippen LogP contribution < -0.4 is 9.47 Å². The van der Waals surface area contributed by atoms with Crippen LogP contribution in [-0.2, 0) is 6.54 Å². The molecule has 2 aromatic carbocycles. The van der Waals surface area contributed by atoms with Crippen LogP contribution >= 0.6 is 0 Å². The molecule has 3 rings (SSSR count). The van der Waals surface area contributed by atoms with Crippen LogP contribution in [0.1, 0.15) is 11.1 Å². The molecule has 0 saturated carbocycles. The van der Waals surface area contributed by atoms with E-state index in [1.165, 1.54) is 5.56 Å². The highest BCUT2D eigenvalue weighted by molar-refractivity contribution is 5.43. The summed E-state index contributed by atoms with van der Waals surface area (Å²) in [5.74, 6) is 2.66. The van der Waals surface area contributed by atoms with Crippen LogP contribution in [0, 0.1) is 6.92 Å². The molecule has 1 fully saturated rings. The third-order valence-electron chi connectivity index (χ3n) is 4.56. The monoisotopic (exact) mass is 326 g/mol. The van der Waals surface area contributed by atoms with Gasteiger partial charge in [-0.15, -0.1) is 0 Å². The highest BCUT2D eigenvalue weighted by Crippen LogP contribution is 2.29. The third-order valence-corrected chi connectivity index (χ3v) is 4.56. The van der Waals surface area contributed by atoms with E-state index < -0.39 is 0 Å². The minimum atomic E-state index is 0.846. The lowest BCUT2D eigenvalue weighted by Crippen LogP contribution is -2.43. The van der Waals surface area contributed by atoms with Gasteiger partial charge in [-0.3, -0.25) is 4.90 Å². The lowest BCUT2D eigenvalue weighted by atomic mass is 10.1. The second-order valence-electron chi connectivity index (χ2n) is 6.42. The molecule has 0 bridgehead atoms. The van der Waals surface area contributed by atoms with Crippen LogP contribution in [0.5, 0.6) is 17.2 Å². The van der Waals surface area contributed by atoms with Crippen molar-refractivity contribution >= 4 is 0 Å². The van der Waals surface area contributed by atoms with Gasteiger partial charge in [0.05, 0.1) is 7.11 Å². The van der Waals surface area contributed by atoms with Gasteiger partial charge in [-0.2, -0.15) is 0 Å². The van der Waals surface area contributed by atoms with Crippen LogP contribution in [0.25, 0.3) is 0 Å². The molecule has 0 N–H and O–H groups in total. The zero-order valence-corrected chi connectivity index (χ0v) is 14.8. The molecular weight excluding hydrogens is 300 g/mol. The number of para-hydroxylation sites is 1. The number of nitrogens with zero attached hydrogens (tertiary/aromatic N) is 2. The molecule has 0 aromatic heterocycles. The van der Waals surface area contributed by atoms with Gasteiger partial charge in [-0.1, -0.05) is 18.2 Å². The summed E-state index contributed by atoms with van der Waals surface area (Å²) in [5.41, 5.74) is 2.31. The molecule has 4 nitrogen and oxygen atoms in total. The first kappa shape index (κ1) is 16.8. The molecule has 1 saturated heterocycles. The van der Waals surface area contributed by atoms with Crippen molar-refractivity contribution in [2.24, 2.45) is 0 Å². The number of methoxy groups -OCH3 is 1. The molecular formula is C20H26N2O2. The third kappa shape index (κ3) is 4.08. The quantitative estimate of drug-likeness (QED) is 0.839. The van der Waals surface area contributed by atoms with Crippen molar-refractivity contribution in [3.8, 4) is 17.2 Å². The molecule has 0 spiro atoms. The van der Waals surface area contributed by atoms with Gasteiger partial charge in [0.1, 0.15) is 17.2 Å². The molecule has 0 atom stereocenters. The Kier molecular flexibility index (Phi) is 5.38. The van der Waals surface area contributed by atoms with Gasteiger partial charge in [-0.25, -0.2) is 0 Å². The van der Waals surface area contributed by atoms with Gasteiger partial charge < -0.3 is 14.4 Å². The molecule has 0 aliphatic carbocycles. The Morgan fingerprint density at radius 1 is 0.958 bits per heavy atom. The average Bonchev–Trinajstić information content (AvgIpc) is 2.59. The summed E-state index contributed by atoms with van der Waals surface area (Å²) < 4.78 is 11.5. The topological polar surface area (TPSA) is 24.9 Å². The maximum Gasteiger partial charge on any atom is 0.131 e. The van der Waals surface area contributed by atoms with E-state index >= 15 is 0 Å². The van der Waals surface area contributed by atoms with Gasteiger partial charge in [-0.05, 0) is 43.8 Å². The number of rotatable bonds is 5. The Hall–Kier alpha value is -2.04. The summed E-state index contributed by atoms with van der Waals surface area (Å²) in [7, 11) is 3.87. The molecule has 1 aliphatic rings. The number of benzene rings is 2. The number of aryl methyl sites for hydroxylation is 1. The Morgan fingerprint density at radius 3 is 2.42 bits per heavy atom. The van der Waals surface area contributed by atoms with Crippen LogP contribution in [0.3, 0.4) is 0 Å². The molecule has 2 aromatic rings. The van der Waals surface area contributed by atoms with E-state index in [0.717, 1.165) is 55.5 Å². The van der Waals surface area contributed by atoms with Gasteiger partial charge in [0.15, 0.2) is 0 Å². The highest BCUT2D eigenvalue weighted by Gasteiger charge is 2.16. The Labute approximate surface area is 144 Å². The molecule has 0 radical (unpaired) electrons. The fraction of sp³-hybridized carbons (Fsp3) is 0.400. The first-order valence-electron chi connectivity index (χ1n) is 8.47. The second-order valence-corrected chi connectivity index (χ2v) is 6.42. The maximum atomic E-state index is 6.16. The summed E-state index contributed by atoms with van der Waals surface area (Å²) >= 11 is 0. The van der Waals surface area contributed by atoms with E-state index in [9.17, 15) is 0 Å². The number of hydrogen-bond donors (Lipinski definition) is 0. The SMILES string of the molecule is COc1ccc(Oc2ccccc2CN2CCN(C)CC2)cc1C. The van der Waals surface area contributed by atoms with Gasteiger partial charge >= 0.3 is 0 Å². The van der Waals surface area contributed by atoms with Crippen LogP contribution in [0.2, 0.25) is 0 Å². The number of likely N-dealkylation sites (N-methyl/N-ethyl adjacent to an activating group) is 1. The molecule has 0 unspecified atom stereocenters. The number of piperazine rings is 1. The van der Waals surface area contributed by atoms with Crippen molar-refractivity contribution in [2.45, 2.75) is 13.5 Å². The molecule has 128 valence electrons. The smallest absolute Gasteiger partial charge is 0.131 e. The van der Waals surface area contributed by atoms with E-state index in [1.54, 1.807) is 7.11 Å². The van der Waals surface area contributed by atoms with Crippen molar-refractivity contribution in [2.75, 3.05) is 40.3 Å². The molecule has 0 amide bonds. The Bertz CT molecular complexity index is 679. The fourth-order valence-corrected chi connectivity index (χ4v) is 3.02. The van der Waals surface area contributed by atoms with Crippen molar-refractivity contribution in [1.29, 1.82) is 0 Å². The first-order chi connectivity index (χ1) is 11.7. The van der Waals surface area contributed by atoms with Gasteiger partial charge in [0.2, 0.25) is 0 Å². The van der Waals surface area contributed by atoms with Gasteiger partial charge in [0.25, 0.3) is 0 Å². The maximum absolute atomic E-state index is 6.16. The van der Waals surface area contributed by atoms with E-state index in [1.807, 2.05) is 37.3 Å². The molecule has 1 heterocycles. The normalized spacial score (nSPS) is 16.1.